The summed E-state index contributed by atoms with van der Waals surface area (Å²) in [6, 6.07) is -3.28. The molecule has 0 bridgehead atoms. The number of aromatic nitrogens is 4. The summed E-state index contributed by atoms with van der Waals surface area (Å²) in [6.45, 7) is 0.380. The Balaban J connectivity index is 1.02. The van der Waals surface area contributed by atoms with Crippen LogP contribution in [0.15, 0.2) is 47.4 Å². The predicted octanol–water partition coefficient (Wildman–Crippen LogP) is -2.46. The van der Waals surface area contributed by atoms with Crippen LogP contribution in [0, 0.1) is 5.41 Å². The van der Waals surface area contributed by atoms with Crippen molar-refractivity contribution in [2.45, 2.75) is 119 Å². The number of ether oxygens (including phenoxy) is 4. The number of fused-ring (bicyclic) bond motifs is 1. The van der Waals surface area contributed by atoms with E-state index in [1.807, 2.05) is 0 Å². The van der Waals surface area contributed by atoms with Crippen LogP contribution in [0.2, 0.25) is 0 Å². The number of likely N-dealkylation sites (tertiary alicyclic amines) is 1. The minimum atomic E-state index is -2.14. The fourth-order valence-corrected chi connectivity index (χ4v) is 12.4. The van der Waals surface area contributed by atoms with Crippen molar-refractivity contribution in [3.63, 3.8) is 0 Å². The van der Waals surface area contributed by atoms with Gasteiger partial charge in [0.1, 0.15) is 42.9 Å². The van der Waals surface area contributed by atoms with Crippen LogP contribution in [0.3, 0.4) is 0 Å². The minimum absolute atomic E-state index is 0.0184. The Morgan fingerprint density at radius 1 is 0.718 bits per heavy atom. The molecule has 0 radical (unpaired) electrons. The Morgan fingerprint density at radius 2 is 1.32 bits per heavy atom. The van der Waals surface area contributed by atoms with Crippen LogP contribution in [0.1, 0.15) is 90.6 Å². The molecule has 558 valence electrons. The number of carboxylic acids is 5. The van der Waals surface area contributed by atoms with E-state index in [1.54, 1.807) is 4.90 Å². The van der Waals surface area contributed by atoms with Crippen LogP contribution in [0.5, 0.6) is 11.5 Å². The zero-order chi connectivity index (χ0) is 75.6. The molecule has 6 rings (SSSR count). The first kappa shape index (κ1) is 80.5. The molecule has 8 amide bonds. The molecule has 8 atom stereocenters. The van der Waals surface area contributed by atoms with Crippen molar-refractivity contribution in [2.24, 2.45) is 5.73 Å². The number of carboxylic acid groups (broad SMARTS) is 5. The van der Waals surface area contributed by atoms with Gasteiger partial charge in [-0.05, 0) is 68.9 Å². The topological polar surface area (TPSA) is 636 Å². The molecule has 2 aromatic carbocycles. The molecule has 2 aromatic heterocycles. The summed E-state index contributed by atoms with van der Waals surface area (Å²) in [5.41, 5.74) is 17.6. The summed E-state index contributed by atoms with van der Waals surface area (Å²) in [4.78, 5) is 200. The average Bonchev–Trinajstić information content (AvgIpc) is 1.77. The normalized spacial score (nSPS) is 15.7. The Kier molecular flexibility index (Phi) is 30.4. The fourth-order valence-electron chi connectivity index (χ4n) is 10.4. The number of nitrogens with two attached hydrogens (primary N) is 3. The van der Waals surface area contributed by atoms with Gasteiger partial charge in [-0.15, -0.1) is 0 Å². The van der Waals surface area contributed by atoms with Crippen LogP contribution in [0.4, 0.5) is 22.1 Å². The average molecular weight is 1480 g/mol. The standard InChI is InChI=1S/C60H78N18O23S2/c1-98-40-21-31(32(61)22-41(40)99-2)54(92)77-16-4-6-39(77)55-78(17-18-100-55)60(97)101-19-20-102-103-27-38(57(95)96)74-50(88)34(12-14-43(80)81)71-52(90)37(24-45(84)85)73-49(87)33(5-3-15-65-58(62)63)70-51(89)36(23-44(82)83)69-42(79)13-11-35(56(93)94)72-48(86)28-7-9-29(10-8-28)66-25-30-26-67-47-46(68-30)53(91)76-59(64)75-47/h7-10,21-22,26,33-39,55,66H,3-6,11-20,23-25,27,61H2,1-2H3,(H,69,79)(H,70,89)(H,71,90)(H,72,86)(H,73,87)(H,74,88)(H,80,81)(H,82,83)(H,84,85)(H,93,94)(H,95,96)(H4,62,63,65)(H3,64,67,75,76,91)/t33-,34-,35-,36-,37-,38-,39-,55?/m0/s1. The van der Waals surface area contributed by atoms with Gasteiger partial charge in [0.25, 0.3) is 17.4 Å². The molecule has 0 aliphatic carbocycles. The number of aliphatic carboxylic acids is 5. The van der Waals surface area contributed by atoms with Crippen molar-refractivity contribution < 1.29 is 107 Å². The number of benzene rings is 2. The summed E-state index contributed by atoms with van der Waals surface area (Å²) >= 11 is 0. The zero-order valence-electron chi connectivity index (χ0n) is 55.3. The first-order valence-electron chi connectivity index (χ1n) is 31.4. The lowest BCUT2D eigenvalue weighted by Crippen LogP contribution is -2.59. The summed E-state index contributed by atoms with van der Waals surface area (Å²) in [6.07, 6.45) is -4.95. The molecule has 2 aliphatic heterocycles. The Labute approximate surface area is 591 Å². The highest BCUT2D eigenvalue weighted by Gasteiger charge is 2.44. The summed E-state index contributed by atoms with van der Waals surface area (Å²) in [7, 11) is 4.79. The quantitative estimate of drug-likeness (QED) is 0.00722. The lowest BCUT2D eigenvalue weighted by Gasteiger charge is -2.33. The van der Waals surface area contributed by atoms with Crippen molar-refractivity contribution in [1.82, 2.24) is 67.0 Å². The van der Waals surface area contributed by atoms with E-state index >= 15 is 0 Å². The smallest absolute Gasteiger partial charge is 0.412 e. The number of H-pyrrole nitrogens is 1. The number of carbonyl (C=O) groups is 13. The first-order chi connectivity index (χ1) is 49.0. The Morgan fingerprint density at radius 3 is 1.94 bits per heavy atom. The molecule has 4 heterocycles. The number of methoxy groups -OCH3 is 2. The molecular formula is C60H78N18O23S2. The van der Waals surface area contributed by atoms with Crippen molar-refractivity contribution in [3.8, 4) is 11.5 Å². The van der Waals surface area contributed by atoms with Crippen LogP contribution in [-0.2, 0) is 64.0 Å². The van der Waals surface area contributed by atoms with E-state index in [-0.39, 0.29) is 90.5 Å². The van der Waals surface area contributed by atoms with Gasteiger partial charge in [-0.25, -0.2) is 24.4 Å². The second-order valence-corrected chi connectivity index (χ2v) is 25.4. The summed E-state index contributed by atoms with van der Waals surface area (Å²) in [5, 5.41) is 75.3. The van der Waals surface area contributed by atoms with Gasteiger partial charge in [0.2, 0.25) is 35.5 Å². The first-order valence-corrected chi connectivity index (χ1v) is 33.9. The second-order valence-electron chi connectivity index (χ2n) is 22.8. The number of anilines is 3. The predicted molar refractivity (Wildman–Crippen MR) is 363 cm³/mol. The van der Waals surface area contributed by atoms with E-state index in [4.69, 9.17) is 41.6 Å². The van der Waals surface area contributed by atoms with E-state index in [0.717, 1.165) is 21.6 Å². The number of aromatic amines is 1. The number of amides is 8. The number of carbonyl (C=O) groups excluding carboxylic acids is 8. The monoisotopic (exact) mass is 1480 g/mol. The molecule has 2 fully saturated rings. The molecule has 41 nitrogen and oxygen atoms in total. The highest BCUT2D eigenvalue weighted by atomic mass is 33.1. The highest BCUT2D eigenvalue weighted by Crippen LogP contribution is 2.35. The maximum absolute atomic E-state index is 14.1. The van der Waals surface area contributed by atoms with E-state index in [9.17, 15) is 92.7 Å². The number of nitrogen functional groups attached to an aromatic ring is 2. The molecule has 43 heteroatoms. The minimum Gasteiger partial charge on any atom is -0.493 e. The van der Waals surface area contributed by atoms with E-state index in [2.05, 4.69) is 62.5 Å². The third-order valence-corrected chi connectivity index (χ3v) is 17.9. The van der Waals surface area contributed by atoms with Crippen LogP contribution >= 0.6 is 21.6 Å². The van der Waals surface area contributed by atoms with Crippen LogP contribution in [0.25, 0.3) is 11.2 Å². The largest absolute Gasteiger partial charge is 0.493 e. The summed E-state index contributed by atoms with van der Waals surface area (Å²) in [5.74, 6) is -16.1. The maximum Gasteiger partial charge on any atom is 0.412 e. The van der Waals surface area contributed by atoms with E-state index in [0.29, 0.717) is 36.5 Å². The van der Waals surface area contributed by atoms with Gasteiger partial charge < -0.3 is 109 Å². The van der Waals surface area contributed by atoms with Crippen LogP contribution < -0.4 is 74.8 Å². The zero-order valence-corrected chi connectivity index (χ0v) is 56.9. The van der Waals surface area contributed by atoms with Gasteiger partial charge in [-0.3, -0.25) is 68.0 Å². The second kappa shape index (κ2) is 38.9. The van der Waals surface area contributed by atoms with E-state index in [1.165, 1.54) is 61.7 Å². The van der Waals surface area contributed by atoms with Crippen molar-refractivity contribution in [2.75, 3.05) is 75.4 Å². The highest BCUT2D eigenvalue weighted by molar-refractivity contribution is 8.76. The Bertz CT molecular complexity index is 3870. The number of nitrogens with one attached hydrogen (secondary N) is 10. The number of rotatable bonds is 40. The van der Waals surface area contributed by atoms with Crippen LogP contribution in [-0.4, -0.2) is 246 Å². The SMILES string of the molecule is COc1cc(N)c(C(=O)N2CCC[C@H]2C2OCCN2C(=O)OCCSSC[C@H](NC(=O)[C@H](CCC(=O)O)NC(=O)[C@H](CC(=O)O)NC(=O)[C@H](CCCNC(=N)N)NC(=O)[C@H](CC(=O)O)NC(=O)CC[C@H](NC(=O)c2ccc(NCc3cnc4nc(N)[nH]c(=O)c4n3)cc2)C(=O)O)C(=O)O)cc1OC. The number of hydrogen-bond acceptors (Lipinski definition) is 27. The lowest BCUT2D eigenvalue weighted by atomic mass is 10.1. The van der Waals surface area contributed by atoms with Crippen molar-refractivity contribution in [1.29, 1.82) is 5.41 Å². The lowest BCUT2D eigenvalue weighted by molar-refractivity contribution is -0.143. The molecule has 4 aromatic rings. The Hall–Kier alpha value is -11.5. The summed E-state index contributed by atoms with van der Waals surface area (Å²) < 4.78 is 22.1. The molecular weight excluding hydrogens is 1400 g/mol. The molecule has 1 unspecified atom stereocenters. The van der Waals surface area contributed by atoms with Gasteiger partial charge in [0.05, 0.1) is 70.3 Å². The third kappa shape index (κ3) is 24.4. The molecule has 0 saturated carbocycles. The fraction of sp³-hybridized carbons (Fsp3) is 0.467. The molecule has 2 aliphatic rings. The van der Waals surface area contributed by atoms with E-state index < -0.39 is 182 Å². The number of hydrogen-bond donors (Lipinski definition) is 18. The number of nitrogens with zero attached hydrogens (tertiary/aromatic N) is 5. The van der Waals surface area contributed by atoms with Gasteiger partial charge in [0, 0.05) is 60.4 Å². The molecule has 103 heavy (non-hydrogen) atoms. The number of guanidine groups is 1. The van der Waals surface area contributed by atoms with Crippen molar-refractivity contribution >= 4 is 133 Å². The molecule has 21 N–H and O–H groups in total. The molecule has 2 saturated heterocycles. The van der Waals surface area contributed by atoms with Gasteiger partial charge in [0.15, 0.2) is 34.9 Å². The van der Waals surface area contributed by atoms with Crippen molar-refractivity contribution in [3.05, 3.63) is 69.8 Å². The van der Waals surface area contributed by atoms with Gasteiger partial charge in [-0.2, -0.15) is 4.98 Å². The molecule has 0 spiro atoms. The van der Waals surface area contributed by atoms with Gasteiger partial charge >= 0.3 is 35.9 Å². The van der Waals surface area contributed by atoms with Gasteiger partial charge in [-0.1, -0.05) is 21.6 Å². The third-order valence-electron chi connectivity index (χ3n) is 15.5. The maximum atomic E-state index is 14.1.